The third kappa shape index (κ3) is 2.03. The number of nitrogens with zero attached hydrogens (tertiary/aromatic N) is 4. The van der Waals surface area contributed by atoms with Gasteiger partial charge in [0.05, 0.1) is 11.8 Å². The van der Waals surface area contributed by atoms with Gasteiger partial charge in [0.25, 0.3) is 0 Å². The maximum absolute atomic E-state index is 5.73. The molecule has 5 heteroatoms. The van der Waals surface area contributed by atoms with Crippen LogP contribution in [0.4, 0.5) is 5.82 Å². The molecule has 0 spiro atoms. The molecule has 0 aliphatic carbocycles. The molecular formula is C11H15N5. The number of anilines is 1. The van der Waals surface area contributed by atoms with E-state index in [1.165, 1.54) is 0 Å². The molecular weight excluding hydrogens is 202 g/mol. The molecule has 0 saturated heterocycles. The summed E-state index contributed by atoms with van der Waals surface area (Å²) in [6, 6.07) is 1.80. The summed E-state index contributed by atoms with van der Waals surface area (Å²) in [5.41, 5.74) is 7.59. The lowest BCUT2D eigenvalue weighted by Crippen LogP contribution is -1.99. The van der Waals surface area contributed by atoms with E-state index in [1.54, 1.807) is 12.3 Å². The summed E-state index contributed by atoms with van der Waals surface area (Å²) >= 11 is 0. The topological polar surface area (TPSA) is 69.6 Å². The maximum atomic E-state index is 5.73. The van der Waals surface area contributed by atoms with Crippen LogP contribution < -0.4 is 5.73 Å². The number of aryl methyl sites for hydroxylation is 2. The number of hydrogen-bond donors (Lipinski definition) is 1. The van der Waals surface area contributed by atoms with Gasteiger partial charge in [0, 0.05) is 24.5 Å². The van der Waals surface area contributed by atoms with Gasteiger partial charge in [0.2, 0.25) is 0 Å². The van der Waals surface area contributed by atoms with E-state index in [4.69, 9.17) is 5.73 Å². The maximum Gasteiger partial charge on any atom is 0.164 e. The Bertz CT molecular complexity index is 489. The van der Waals surface area contributed by atoms with E-state index in [1.807, 2.05) is 24.7 Å². The van der Waals surface area contributed by atoms with Crippen molar-refractivity contribution in [1.29, 1.82) is 0 Å². The second kappa shape index (κ2) is 4.30. The molecule has 0 aliphatic rings. The van der Waals surface area contributed by atoms with Crippen LogP contribution in [0.3, 0.4) is 0 Å². The predicted molar refractivity (Wildman–Crippen MR) is 62.7 cm³/mol. The van der Waals surface area contributed by atoms with E-state index in [-0.39, 0.29) is 0 Å². The van der Waals surface area contributed by atoms with Gasteiger partial charge in [0.1, 0.15) is 5.82 Å². The molecule has 84 valence electrons. The van der Waals surface area contributed by atoms with Crippen molar-refractivity contribution in [2.24, 2.45) is 0 Å². The predicted octanol–water partition coefficient (Wildman–Crippen LogP) is 1.50. The average Bonchev–Trinajstić information content (AvgIpc) is 2.76. The van der Waals surface area contributed by atoms with E-state index in [2.05, 4.69) is 15.1 Å². The lowest BCUT2D eigenvalue weighted by Gasteiger charge is -2.01. The summed E-state index contributed by atoms with van der Waals surface area (Å²) in [5, 5.41) is 4.19. The van der Waals surface area contributed by atoms with Crippen molar-refractivity contribution in [2.75, 3.05) is 5.73 Å². The second-order valence-electron chi connectivity index (χ2n) is 3.55. The minimum atomic E-state index is 0.506. The van der Waals surface area contributed by atoms with Crippen LogP contribution >= 0.6 is 0 Å². The zero-order valence-electron chi connectivity index (χ0n) is 9.51. The van der Waals surface area contributed by atoms with Gasteiger partial charge in [-0.3, -0.25) is 4.68 Å². The Hall–Kier alpha value is -1.91. The first-order valence-corrected chi connectivity index (χ1v) is 5.39. The Labute approximate surface area is 94.3 Å². The lowest BCUT2D eigenvalue weighted by atomic mass is 10.3. The zero-order chi connectivity index (χ0) is 11.5. The monoisotopic (exact) mass is 217 g/mol. The molecule has 5 nitrogen and oxygen atoms in total. The van der Waals surface area contributed by atoms with Crippen molar-refractivity contribution >= 4 is 5.82 Å². The normalized spacial score (nSPS) is 10.6. The largest absolute Gasteiger partial charge is 0.384 e. The van der Waals surface area contributed by atoms with E-state index in [0.717, 1.165) is 24.2 Å². The molecule has 2 heterocycles. The van der Waals surface area contributed by atoms with Gasteiger partial charge in [-0.1, -0.05) is 6.92 Å². The van der Waals surface area contributed by atoms with Crippen LogP contribution in [0.2, 0.25) is 0 Å². The van der Waals surface area contributed by atoms with Gasteiger partial charge in [0.15, 0.2) is 5.82 Å². The number of rotatable bonds is 3. The Morgan fingerprint density at radius 3 is 2.75 bits per heavy atom. The van der Waals surface area contributed by atoms with Crippen LogP contribution in [0.15, 0.2) is 18.5 Å². The van der Waals surface area contributed by atoms with Crippen molar-refractivity contribution in [3.05, 3.63) is 24.2 Å². The first-order chi connectivity index (χ1) is 7.72. The molecule has 0 saturated carbocycles. The summed E-state index contributed by atoms with van der Waals surface area (Å²) in [4.78, 5) is 8.64. The van der Waals surface area contributed by atoms with E-state index >= 15 is 0 Å². The summed E-state index contributed by atoms with van der Waals surface area (Å²) in [6.07, 6.45) is 4.54. The van der Waals surface area contributed by atoms with E-state index in [0.29, 0.717) is 11.6 Å². The standard InChI is InChI=1S/C11H15N5/c1-3-9-5-10(12)15-11(14-9)8-6-13-16(4-2)7-8/h5-7H,3-4H2,1-2H3,(H2,12,14,15). The van der Waals surface area contributed by atoms with Crippen LogP contribution in [-0.2, 0) is 13.0 Å². The van der Waals surface area contributed by atoms with Crippen molar-refractivity contribution in [1.82, 2.24) is 19.7 Å². The van der Waals surface area contributed by atoms with Crippen LogP contribution in [0.25, 0.3) is 11.4 Å². The molecule has 2 aromatic rings. The smallest absolute Gasteiger partial charge is 0.164 e. The van der Waals surface area contributed by atoms with Crippen LogP contribution in [0, 0.1) is 0 Å². The Morgan fingerprint density at radius 1 is 1.31 bits per heavy atom. The Balaban J connectivity index is 2.42. The van der Waals surface area contributed by atoms with Crippen LogP contribution in [0.5, 0.6) is 0 Å². The average molecular weight is 217 g/mol. The highest BCUT2D eigenvalue weighted by Gasteiger charge is 2.06. The Kier molecular flexibility index (Phi) is 2.85. The highest BCUT2D eigenvalue weighted by molar-refractivity contribution is 5.54. The fraction of sp³-hybridized carbons (Fsp3) is 0.364. The SMILES string of the molecule is CCc1cc(N)nc(-c2cnn(CC)c2)n1. The summed E-state index contributed by atoms with van der Waals surface area (Å²) in [5.74, 6) is 1.16. The molecule has 0 atom stereocenters. The minimum absolute atomic E-state index is 0.506. The van der Waals surface area contributed by atoms with Gasteiger partial charge in [-0.05, 0) is 13.3 Å². The first-order valence-electron chi connectivity index (χ1n) is 5.39. The first kappa shape index (κ1) is 10.6. The van der Waals surface area contributed by atoms with E-state index < -0.39 is 0 Å². The second-order valence-corrected chi connectivity index (χ2v) is 3.55. The molecule has 2 N–H and O–H groups in total. The van der Waals surface area contributed by atoms with Crippen molar-refractivity contribution in [2.45, 2.75) is 26.8 Å². The third-order valence-corrected chi connectivity index (χ3v) is 2.38. The number of nitrogens with two attached hydrogens (primary N) is 1. The molecule has 0 aliphatic heterocycles. The lowest BCUT2D eigenvalue weighted by molar-refractivity contribution is 0.660. The van der Waals surface area contributed by atoms with Gasteiger partial charge >= 0.3 is 0 Å². The molecule has 0 amide bonds. The Morgan fingerprint density at radius 2 is 2.12 bits per heavy atom. The summed E-state index contributed by atoms with van der Waals surface area (Å²) < 4.78 is 1.84. The number of aromatic nitrogens is 4. The molecule has 0 fully saturated rings. The van der Waals surface area contributed by atoms with Crippen molar-refractivity contribution < 1.29 is 0 Å². The van der Waals surface area contributed by atoms with Crippen molar-refractivity contribution in [3.63, 3.8) is 0 Å². The highest BCUT2D eigenvalue weighted by atomic mass is 15.3. The third-order valence-electron chi connectivity index (χ3n) is 2.38. The van der Waals surface area contributed by atoms with E-state index in [9.17, 15) is 0 Å². The number of hydrogen-bond acceptors (Lipinski definition) is 4. The molecule has 0 unspecified atom stereocenters. The molecule has 0 aromatic carbocycles. The fourth-order valence-corrected chi connectivity index (χ4v) is 1.48. The zero-order valence-corrected chi connectivity index (χ0v) is 9.51. The van der Waals surface area contributed by atoms with Gasteiger partial charge in [-0.2, -0.15) is 5.10 Å². The van der Waals surface area contributed by atoms with Crippen LogP contribution in [0.1, 0.15) is 19.5 Å². The quantitative estimate of drug-likeness (QED) is 0.846. The summed E-state index contributed by atoms with van der Waals surface area (Å²) in [6.45, 7) is 4.92. The molecule has 16 heavy (non-hydrogen) atoms. The van der Waals surface area contributed by atoms with Crippen LogP contribution in [-0.4, -0.2) is 19.7 Å². The van der Waals surface area contributed by atoms with Gasteiger partial charge < -0.3 is 5.73 Å². The summed E-state index contributed by atoms with van der Waals surface area (Å²) in [7, 11) is 0. The van der Waals surface area contributed by atoms with Crippen molar-refractivity contribution in [3.8, 4) is 11.4 Å². The highest BCUT2D eigenvalue weighted by Crippen LogP contribution is 2.16. The molecule has 2 aromatic heterocycles. The number of nitrogen functional groups attached to an aromatic ring is 1. The molecule has 0 bridgehead atoms. The van der Waals surface area contributed by atoms with Gasteiger partial charge in [-0.25, -0.2) is 9.97 Å². The fourth-order valence-electron chi connectivity index (χ4n) is 1.48. The molecule has 2 rings (SSSR count). The molecule has 0 radical (unpaired) electrons. The van der Waals surface area contributed by atoms with Gasteiger partial charge in [-0.15, -0.1) is 0 Å². The minimum Gasteiger partial charge on any atom is -0.384 e.